The fourth-order valence-electron chi connectivity index (χ4n) is 3.46. The molecular weight excluding hydrogens is 256 g/mol. The second-order valence-corrected chi connectivity index (χ2v) is 6.54. The summed E-state index contributed by atoms with van der Waals surface area (Å²) in [5.74, 6) is -0.847. The van der Waals surface area contributed by atoms with Gasteiger partial charge in [-0.1, -0.05) is 12.8 Å². The maximum atomic E-state index is 12.3. The van der Waals surface area contributed by atoms with E-state index in [1.54, 1.807) is 0 Å². The van der Waals surface area contributed by atoms with E-state index in [1.165, 1.54) is 0 Å². The molecule has 5 heteroatoms. The molecule has 2 rings (SSSR count). The highest BCUT2D eigenvalue weighted by atomic mass is 16.4. The molecule has 2 aliphatic rings. The van der Waals surface area contributed by atoms with E-state index in [0.29, 0.717) is 13.1 Å². The summed E-state index contributed by atoms with van der Waals surface area (Å²) in [6.07, 6.45) is 5.64. The number of carboxylic acid groups (broad SMARTS) is 1. The number of rotatable bonds is 4. The fraction of sp³-hybridized carbons (Fsp3) is 0.867. The Morgan fingerprint density at radius 2 is 2.05 bits per heavy atom. The highest BCUT2D eigenvalue weighted by Crippen LogP contribution is 2.30. The summed E-state index contributed by atoms with van der Waals surface area (Å²) in [6, 6.07) is 0. The molecule has 0 aromatic rings. The van der Waals surface area contributed by atoms with Crippen molar-refractivity contribution < 1.29 is 14.7 Å². The van der Waals surface area contributed by atoms with Gasteiger partial charge in [0.1, 0.15) is 0 Å². The third kappa shape index (κ3) is 3.51. The maximum absolute atomic E-state index is 12.3. The lowest BCUT2D eigenvalue weighted by Gasteiger charge is -2.34. The molecule has 1 heterocycles. The van der Waals surface area contributed by atoms with Gasteiger partial charge < -0.3 is 15.7 Å². The van der Waals surface area contributed by atoms with Gasteiger partial charge in [-0.2, -0.15) is 0 Å². The van der Waals surface area contributed by atoms with Crippen LogP contribution in [0.5, 0.6) is 0 Å². The fourth-order valence-corrected chi connectivity index (χ4v) is 3.46. The average molecular weight is 282 g/mol. The van der Waals surface area contributed by atoms with Gasteiger partial charge in [0, 0.05) is 13.1 Å². The molecule has 0 radical (unpaired) electrons. The Bertz CT molecular complexity index is 364. The van der Waals surface area contributed by atoms with E-state index >= 15 is 0 Å². The van der Waals surface area contributed by atoms with Gasteiger partial charge in [0.15, 0.2) is 0 Å². The lowest BCUT2D eigenvalue weighted by molar-refractivity contribution is -0.145. The number of carbonyl (C=O) groups excluding carboxylic acids is 1. The number of carboxylic acids is 1. The molecule has 3 atom stereocenters. The first-order valence-electron chi connectivity index (χ1n) is 7.75. The van der Waals surface area contributed by atoms with Crippen molar-refractivity contribution in [1.29, 1.82) is 0 Å². The molecule has 0 bridgehead atoms. The van der Waals surface area contributed by atoms with E-state index < -0.39 is 5.97 Å². The Balaban J connectivity index is 1.86. The van der Waals surface area contributed by atoms with Crippen molar-refractivity contribution in [3.8, 4) is 0 Å². The number of hydrogen-bond donors (Lipinski definition) is 3. The molecule has 3 N–H and O–H groups in total. The van der Waals surface area contributed by atoms with Crippen molar-refractivity contribution in [1.82, 2.24) is 10.6 Å². The van der Waals surface area contributed by atoms with Gasteiger partial charge in [-0.25, -0.2) is 0 Å². The Morgan fingerprint density at radius 3 is 2.70 bits per heavy atom. The molecule has 0 aromatic heterocycles. The van der Waals surface area contributed by atoms with Crippen LogP contribution in [0.15, 0.2) is 0 Å². The number of amides is 1. The summed E-state index contributed by atoms with van der Waals surface area (Å²) in [6.45, 7) is 4.19. The minimum absolute atomic E-state index is 0.0689. The van der Waals surface area contributed by atoms with Gasteiger partial charge in [0.2, 0.25) is 5.91 Å². The maximum Gasteiger partial charge on any atom is 0.306 e. The van der Waals surface area contributed by atoms with Crippen LogP contribution in [0.3, 0.4) is 0 Å². The minimum Gasteiger partial charge on any atom is -0.481 e. The number of piperidine rings is 1. The zero-order valence-corrected chi connectivity index (χ0v) is 12.3. The van der Waals surface area contributed by atoms with Gasteiger partial charge in [0.25, 0.3) is 0 Å². The van der Waals surface area contributed by atoms with Crippen molar-refractivity contribution in [2.24, 2.45) is 17.3 Å². The first kappa shape index (κ1) is 15.3. The molecule has 3 unspecified atom stereocenters. The summed E-state index contributed by atoms with van der Waals surface area (Å²) in [5.41, 5.74) is -0.342. The lowest BCUT2D eigenvalue weighted by Crippen LogP contribution is -2.50. The summed E-state index contributed by atoms with van der Waals surface area (Å²) < 4.78 is 0. The van der Waals surface area contributed by atoms with Crippen molar-refractivity contribution in [2.45, 2.75) is 45.4 Å². The largest absolute Gasteiger partial charge is 0.481 e. The van der Waals surface area contributed by atoms with Gasteiger partial charge in [-0.05, 0) is 45.1 Å². The van der Waals surface area contributed by atoms with Crippen LogP contribution in [0, 0.1) is 17.3 Å². The highest BCUT2D eigenvalue weighted by Gasteiger charge is 2.36. The standard InChI is InChI=1S/C15H26N2O3/c1-15(7-4-8-16-10-15)14(20)17-9-11-5-2-3-6-12(11)13(18)19/h11-12,16H,2-10H2,1H3,(H,17,20)(H,18,19). The van der Waals surface area contributed by atoms with E-state index in [4.69, 9.17) is 0 Å². The molecule has 1 aliphatic carbocycles. The Kier molecular flexibility index (Phi) is 5.02. The predicted octanol–water partition coefficient (Wildman–Crippen LogP) is 1.38. The first-order valence-corrected chi connectivity index (χ1v) is 7.75. The topological polar surface area (TPSA) is 78.4 Å². The summed E-state index contributed by atoms with van der Waals surface area (Å²) in [4.78, 5) is 23.6. The number of nitrogens with one attached hydrogen (secondary N) is 2. The normalized spacial score (nSPS) is 34.5. The smallest absolute Gasteiger partial charge is 0.306 e. The van der Waals surface area contributed by atoms with E-state index in [2.05, 4.69) is 10.6 Å². The summed E-state index contributed by atoms with van der Waals surface area (Å²) >= 11 is 0. The zero-order valence-electron chi connectivity index (χ0n) is 12.3. The van der Waals surface area contributed by atoms with E-state index in [0.717, 1.165) is 45.1 Å². The Hall–Kier alpha value is -1.10. The molecule has 1 amide bonds. The van der Waals surface area contributed by atoms with E-state index in [-0.39, 0.29) is 23.2 Å². The molecule has 20 heavy (non-hydrogen) atoms. The number of hydrogen-bond acceptors (Lipinski definition) is 3. The van der Waals surface area contributed by atoms with Crippen LogP contribution < -0.4 is 10.6 Å². The van der Waals surface area contributed by atoms with Crippen LogP contribution in [0.4, 0.5) is 0 Å². The van der Waals surface area contributed by atoms with Crippen LogP contribution in [0.25, 0.3) is 0 Å². The molecular formula is C15H26N2O3. The molecule has 0 spiro atoms. The van der Waals surface area contributed by atoms with Gasteiger partial charge in [-0.15, -0.1) is 0 Å². The molecule has 5 nitrogen and oxygen atoms in total. The van der Waals surface area contributed by atoms with E-state index in [1.807, 2.05) is 6.92 Å². The van der Waals surface area contributed by atoms with Crippen LogP contribution in [0.1, 0.15) is 45.4 Å². The minimum atomic E-state index is -0.713. The number of carbonyl (C=O) groups is 2. The SMILES string of the molecule is CC1(C(=O)NCC2CCCCC2C(=O)O)CCCNC1. The van der Waals surface area contributed by atoms with Gasteiger partial charge in [0.05, 0.1) is 11.3 Å². The second-order valence-electron chi connectivity index (χ2n) is 6.54. The van der Waals surface area contributed by atoms with Crippen molar-refractivity contribution in [2.75, 3.05) is 19.6 Å². The molecule has 2 fully saturated rings. The highest BCUT2D eigenvalue weighted by molar-refractivity contribution is 5.82. The average Bonchev–Trinajstić information content (AvgIpc) is 2.45. The van der Waals surface area contributed by atoms with Crippen LogP contribution in [-0.4, -0.2) is 36.6 Å². The summed E-state index contributed by atoms with van der Waals surface area (Å²) in [7, 11) is 0. The van der Waals surface area contributed by atoms with Gasteiger partial charge in [-0.3, -0.25) is 9.59 Å². The monoisotopic (exact) mass is 282 g/mol. The number of aliphatic carboxylic acids is 1. The Morgan fingerprint density at radius 1 is 1.30 bits per heavy atom. The molecule has 1 aliphatic heterocycles. The van der Waals surface area contributed by atoms with E-state index in [9.17, 15) is 14.7 Å². The lowest BCUT2D eigenvalue weighted by atomic mass is 9.78. The van der Waals surface area contributed by atoms with Crippen molar-refractivity contribution in [3.05, 3.63) is 0 Å². The second kappa shape index (κ2) is 6.57. The van der Waals surface area contributed by atoms with Gasteiger partial charge >= 0.3 is 5.97 Å². The zero-order chi connectivity index (χ0) is 14.6. The molecule has 114 valence electrons. The van der Waals surface area contributed by atoms with Crippen molar-refractivity contribution in [3.63, 3.8) is 0 Å². The Labute approximate surface area is 120 Å². The third-order valence-corrected chi connectivity index (χ3v) is 4.90. The van der Waals surface area contributed by atoms with Crippen LogP contribution in [-0.2, 0) is 9.59 Å². The van der Waals surface area contributed by atoms with Crippen LogP contribution >= 0.6 is 0 Å². The van der Waals surface area contributed by atoms with Crippen molar-refractivity contribution >= 4 is 11.9 Å². The quantitative estimate of drug-likeness (QED) is 0.728. The third-order valence-electron chi connectivity index (χ3n) is 4.90. The predicted molar refractivity (Wildman–Crippen MR) is 76.3 cm³/mol. The molecule has 1 saturated carbocycles. The summed E-state index contributed by atoms with van der Waals surface area (Å²) in [5, 5.41) is 15.5. The molecule has 0 aromatic carbocycles. The first-order chi connectivity index (χ1) is 9.53. The molecule has 1 saturated heterocycles. The van der Waals surface area contributed by atoms with Crippen LogP contribution in [0.2, 0.25) is 0 Å².